The average molecular weight is 445 g/mol. The molecule has 5 aliphatic rings. The molecule has 0 bridgehead atoms. The lowest BCUT2D eigenvalue weighted by molar-refractivity contribution is -0.00639. The Bertz CT molecular complexity index is 891. The number of para-hydroxylation sites is 1. The van der Waals surface area contributed by atoms with E-state index >= 15 is 0 Å². The summed E-state index contributed by atoms with van der Waals surface area (Å²) >= 11 is 0. The van der Waals surface area contributed by atoms with Crippen LogP contribution in [0, 0.1) is 24.7 Å². The summed E-state index contributed by atoms with van der Waals surface area (Å²) in [5, 5.41) is 0. The van der Waals surface area contributed by atoms with Crippen molar-refractivity contribution in [1.29, 1.82) is 0 Å². The number of nitrogens with zero attached hydrogens (tertiary/aromatic N) is 2. The standard InChI is InChI=1S/C31H44N2/c1-23-13-9-12-20-28(23)32-24(2)29-21-22-31(26-16-5-3-6-17-26,27-18-7-4-8-19-27)33(29)30(32)25-14-10-11-15-25/h9,12-13,20-22,25-27,30H,3-8,10-11,14-19H2,1-2H3. The SMILES string of the molecule is CC1=C2C=CC(C3CCCCC3)(C3CCCCC3)N2C(C2CCCC2)N1c1ccccc1C. The van der Waals surface area contributed by atoms with E-state index in [4.69, 9.17) is 0 Å². The van der Waals surface area contributed by atoms with Gasteiger partial charge in [-0.1, -0.05) is 75.6 Å². The Morgan fingerprint density at radius 2 is 1.30 bits per heavy atom. The molecule has 0 aromatic heterocycles. The van der Waals surface area contributed by atoms with Crippen LogP contribution in [0.4, 0.5) is 5.69 Å². The molecule has 6 rings (SSSR count). The normalized spacial score (nSPS) is 28.8. The zero-order valence-corrected chi connectivity index (χ0v) is 21.1. The lowest BCUT2D eigenvalue weighted by Gasteiger charge is -2.55. The van der Waals surface area contributed by atoms with Gasteiger partial charge in [0.25, 0.3) is 0 Å². The van der Waals surface area contributed by atoms with Gasteiger partial charge in [-0.15, -0.1) is 0 Å². The van der Waals surface area contributed by atoms with Crippen molar-refractivity contribution in [1.82, 2.24) is 4.90 Å². The van der Waals surface area contributed by atoms with E-state index in [1.807, 2.05) is 0 Å². The lowest BCUT2D eigenvalue weighted by Crippen LogP contribution is -2.61. The predicted octanol–water partition coefficient (Wildman–Crippen LogP) is 8.33. The van der Waals surface area contributed by atoms with E-state index in [1.54, 1.807) is 5.70 Å². The van der Waals surface area contributed by atoms with Crippen LogP contribution in [0.1, 0.15) is 102 Å². The molecular weight excluding hydrogens is 400 g/mol. The lowest BCUT2D eigenvalue weighted by atomic mass is 9.63. The van der Waals surface area contributed by atoms with E-state index < -0.39 is 0 Å². The Balaban J connectivity index is 1.49. The van der Waals surface area contributed by atoms with Crippen molar-refractivity contribution < 1.29 is 0 Å². The topological polar surface area (TPSA) is 6.48 Å². The molecule has 178 valence electrons. The van der Waals surface area contributed by atoms with Crippen LogP contribution in [-0.4, -0.2) is 16.6 Å². The number of rotatable bonds is 4. The van der Waals surface area contributed by atoms with Crippen LogP contribution in [0.15, 0.2) is 47.8 Å². The molecular formula is C31H44N2. The highest BCUT2D eigenvalue weighted by Crippen LogP contribution is 2.57. The fourth-order valence-corrected chi connectivity index (χ4v) is 8.65. The van der Waals surface area contributed by atoms with E-state index in [1.165, 1.54) is 107 Å². The molecule has 2 heteroatoms. The van der Waals surface area contributed by atoms with Crippen LogP contribution in [0.3, 0.4) is 0 Å². The Hall–Kier alpha value is -1.70. The molecule has 0 saturated heterocycles. The second-order valence-corrected chi connectivity index (χ2v) is 11.8. The Morgan fingerprint density at radius 3 is 1.91 bits per heavy atom. The number of fused-ring (bicyclic) bond motifs is 1. The molecule has 0 amide bonds. The molecule has 1 aromatic carbocycles. The summed E-state index contributed by atoms with van der Waals surface area (Å²) in [5.74, 6) is 2.44. The van der Waals surface area contributed by atoms with Crippen LogP contribution in [0.5, 0.6) is 0 Å². The summed E-state index contributed by atoms with van der Waals surface area (Å²) in [4.78, 5) is 5.86. The molecule has 33 heavy (non-hydrogen) atoms. The molecule has 0 spiro atoms. The van der Waals surface area contributed by atoms with Gasteiger partial charge in [-0.25, -0.2) is 0 Å². The van der Waals surface area contributed by atoms with E-state index in [2.05, 4.69) is 60.1 Å². The Labute approximate surface area is 202 Å². The van der Waals surface area contributed by atoms with Gasteiger partial charge in [-0.3, -0.25) is 0 Å². The molecule has 1 aromatic rings. The third-order valence-electron chi connectivity index (χ3n) is 10.2. The van der Waals surface area contributed by atoms with Crippen molar-refractivity contribution in [3.05, 3.63) is 53.4 Å². The van der Waals surface area contributed by atoms with Crippen molar-refractivity contribution in [2.45, 2.75) is 115 Å². The minimum absolute atomic E-state index is 0.252. The van der Waals surface area contributed by atoms with Crippen molar-refractivity contribution in [2.24, 2.45) is 17.8 Å². The van der Waals surface area contributed by atoms with Crippen LogP contribution in [0.25, 0.3) is 0 Å². The monoisotopic (exact) mass is 444 g/mol. The van der Waals surface area contributed by atoms with Gasteiger partial charge >= 0.3 is 0 Å². The van der Waals surface area contributed by atoms with Crippen LogP contribution in [0.2, 0.25) is 0 Å². The highest BCUT2D eigenvalue weighted by atomic mass is 15.5. The van der Waals surface area contributed by atoms with E-state index in [0.717, 1.165) is 17.8 Å². The first-order chi connectivity index (χ1) is 16.2. The third kappa shape index (κ3) is 3.41. The summed E-state index contributed by atoms with van der Waals surface area (Å²) in [6.45, 7) is 4.74. The number of anilines is 1. The van der Waals surface area contributed by atoms with Crippen LogP contribution >= 0.6 is 0 Å². The second kappa shape index (κ2) is 8.82. The van der Waals surface area contributed by atoms with Gasteiger partial charge in [0.05, 0.1) is 11.2 Å². The summed E-state index contributed by atoms with van der Waals surface area (Å²) in [6.07, 6.45) is 25.9. The van der Waals surface area contributed by atoms with Gasteiger partial charge in [0.15, 0.2) is 0 Å². The largest absolute Gasteiger partial charge is 0.339 e. The van der Waals surface area contributed by atoms with Crippen molar-refractivity contribution in [3.8, 4) is 0 Å². The predicted molar refractivity (Wildman–Crippen MR) is 139 cm³/mol. The minimum Gasteiger partial charge on any atom is -0.339 e. The summed E-state index contributed by atoms with van der Waals surface area (Å²) < 4.78 is 0. The molecule has 3 aliphatic carbocycles. The molecule has 0 radical (unpaired) electrons. The molecule has 2 heterocycles. The smallest absolute Gasteiger partial charge is 0.110 e. The average Bonchev–Trinajstić information content (AvgIpc) is 3.58. The Morgan fingerprint density at radius 1 is 0.727 bits per heavy atom. The second-order valence-electron chi connectivity index (χ2n) is 11.8. The van der Waals surface area contributed by atoms with Crippen LogP contribution in [-0.2, 0) is 0 Å². The molecule has 1 unspecified atom stereocenters. The van der Waals surface area contributed by atoms with Crippen molar-refractivity contribution in [2.75, 3.05) is 4.90 Å². The highest BCUT2D eigenvalue weighted by Gasteiger charge is 2.58. The minimum atomic E-state index is 0.252. The molecule has 3 fully saturated rings. The number of benzene rings is 1. The molecule has 1 atom stereocenters. The number of hydrogen-bond acceptors (Lipinski definition) is 2. The van der Waals surface area contributed by atoms with Gasteiger partial charge in [0.2, 0.25) is 0 Å². The highest BCUT2D eigenvalue weighted by molar-refractivity contribution is 5.63. The van der Waals surface area contributed by atoms with E-state index in [0.29, 0.717) is 6.17 Å². The first kappa shape index (κ1) is 21.8. The Kier molecular flexibility index (Phi) is 5.83. The van der Waals surface area contributed by atoms with Gasteiger partial charge < -0.3 is 9.80 Å². The molecule has 2 nitrogen and oxygen atoms in total. The quantitative estimate of drug-likeness (QED) is 0.460. The third-order valence-corrected chi connectivity index (χ3v) is 10.2. The fraction of sp³-hybridized carbons (Fsp3) is 0.677. The zero-order chi connectivity index (χ0) is 22.4. The van der Waals surface area contributed by atoms with E-state index in [-0.39, 0.29) is 5.54 Å². The van der Waals surface area contributed by atoms with Gasteiger partial charge in [0.1, 0.15) is 6.17 Å². The summed E-state index contributed by atoms with van der Waals surface area (Å²) in [7, 11) is 0. The molecule has 3 saturated carbocycles. The maximum atomic E-state index is 3.07. The first-order valence-electron chi connectivity index (χ1n) is 14.3. The number of hydrogen-bond donors (Lipinski definition) is 0. The maximum absolute atomic E-state index is 3.07. The summed E-state index contributed by atoms with van der Waals surface area (Å²) in [5.41, 5.74) is 6.19. The van der Waals surface area contributed by atoms with Gasteiger partial charge in [0, 0.05) is 11.4 Å². The number of aryl methyl sites for hydroxylation is 1. The van der Waals surface area contributed by atoms with Gasteiger partial charge in [-0.05, 0) is 87.8 Å². The zero-order valence-electron chi connectivity index (χ0n) is 21.1. The van der Waals surface area contributed by atoms with Crippen molar-refractivity contribution in [3.63, 3.8) is 0 Å². The fourth-order valence-electron chi connectivity index (χ4n) is 8.65. The van der Waals surface area contributed by atoms with Crippen molar-refractivity contribution >= 4 is 5.69 Å². The van der Waals surface area contributed by atoms with Crippen LogP contribution < -0.4 is 4.90 Å². The maximum Gasteiger partial charge on any atom is 0.110 e. The van der Waals surface area contributed by atoms with E-state index in [9.17, 15) is 0 Å². The molecule has 0 N–H and O–H groups in total. The first-order valence-corrected chi connectivity index (χ1v) is 14.3. The van der Waals surface area contributed by atoms with Gasteiger partial charge in [-0.2, -0.15) is 0 Å². The summed E-state index contributed by atoms with van der Waals surface area (Å²) in [6, 6.07) is 9.15. The number of allylic oxidation sites excluding steroid dienone is 2. The molecule has 2 aliphatic heterocycles.